The van der Waals surface area contributed by atoms with Crippen molar-refractivity contribution in [3.63, 3.8) is 0 Å². The number of hydrogen-bond donors (Lipinski definition) is 2. The third-order valence-corrected chi connectivity index (χ3v) is 3.75. The number of amides is 1. The van der Waals surface area contributed by atoms with Crippen LogP contribution in [0.4, 0.5) is 0 Å². The van der Waals surface area contributed by atoms with Crippen molar-refractivity contribution in [3.05, 3.63) is 35.0 Å². The van der Waals surface area contributed by atoms with Crippen LogP contribution in [0.5, 0.6) is 0 Å². The molecule has 1 amide bonds. The molecule has 0 bridgehead atoms. The zero-order valence-corrected chi connectivity index (χ0v) is 12.3. The van der Waals surface area contributed by atoms with E-state index in [1.165, 1.54) is 11.3 Å². The normalized spacial score (nSPS) is 17.8. The van der Waals surface area contributed by atoms with Crippen LogP contribution in [0.2, 0.25) is 0 Å². The Morgan fingerprint density at radius 1 is 1.57 bits per heavy atom. The second-order valence-corrected chi connectivity index (χ2v) is 6.07. The molecule has 0 aromatic carbocycles. The Morgan fingerprint density at radius 3 is 3.24 bits per heavy atom. The SMILES string of the molecule is CC(C)Cc1cc(C(=O)NC2CCc3[nH]ncc3C2)on1. The van der Waals surface area contributed by atoms with Crippen LogP contribution < -0.4 is 5.32 Å². The van der Waals surface area contributed by atoms with Crippen molar-refractivity contribution in [2.24, 2.45) is 5.92 Å². The third-order valence-electron chi connectivity index (χ3n) is 3.75. The van der Waals surface area contributed by atoms with E-state index in [-0.39, 0.29) is 11.9 Å². The zero-order chi connectivity index (χ0) is 14.8. The highest BCUT2D eigenvalue weighted by Gasteiger charge is 2.23. The van der Waals surface area contributed by atoms with Gasteiger partial charge in [0.2, 0.25) is 5.76 Å². The summed E-state index contributed by atoms with van der Waals surface area (Å²) in [6.45, 7) is 4.22. The fraction of sp³-hybridized carbons (Fsp3) is 0.533. The number of rotatable bonds is 4. The third kappa shape index (κ3) is 3.15. The van der Waals surface area contributed by atoms with E-state index in [2.05, 4.69) is 34.5 Å². The van der Waals surface area contributed by atoms with Crippen LogP contribution in [-0.2, 0) is 19.3 Å². The lowest BCUT2D eigenvalue weighted by molar-refractivity contribution is 0.0896. The van der Waals surface area contributed by atoms with Crippen LogP contribution >= 0.6 is 0 Å². The molecule has 0 spiro atoms. The molecule has 2 N–H and O–H groups in total. The van der Waals surface area contributed by atoms with Crippen molar-refractivity contribution >= 4 is 5.91 Å². The number of aromatic amines is 1. The van der Waals surface area contributed by atoms with E-state index in [1.54, 1.807) is 6.07 Å². The maximum Gasteiger partial charge on any atom is 0.290 e. The number of H-pyrrole nitrogens is 1. The maximum absolute atomic E-state index is 12.2. The maximum atomic E-state index is 12.2. The molecule has 0 radical (unpaired) electrons. The van der Waals surface area contributed by atoms with Crippen molar-refractivity contribution in [2.75, 3.05) is 0 Å². The Hall–Kier alpha value is -2.11. The molecule has 0 fully saturated rings. The molecule has 2 heterocycles. The average Bonchev–Trinajstić information content (AvgIpc) is 3.06. The zero-order valence-electron chi connectivity index (χ0n) is 12.3. The number of fused-ring (bicyclic) bond motifs is 1. The molecule has 3 rings (SSSR count). The largest absolute Gasteiger partial charge is 0.351 e. The van der Waals surface area contributed by atoms with E-state index in [4.69, 9.17) is 4.52 Å². The molecular weight excluding hydrogens is 268 g/mol. The minimum Gasteiger partial charge on any atom is -0.351 e. The van der Waals surface area contributed by atoms with E-state index in [0.29, 0.717) is 11.7 Å². The van der Waals surface area contributed by atoms with Gasteiger partial charge in [-0.05, 0) is 37.2 Å². The molecule has 1 aliphatic carbocycles. The predicted molar refractivity (Wildman–Crippen MR) is 76.9 cm³/mol. The summed E-state index contributed by atoms with van der Waals surface area (Å²) in [6.07, 6.45) is 5.29. The van der Waals surface area contributed by atoms with Gasteiger partial charge in [-0.15, -0.1) is 0 Å². The first-order chi connectivity index (χ1) is 10.1. The summed E-state index contributed by atoms with van der Waals surface area (Å²) in [5.74, 6) is 0.599. The number of nitrogens with one attached hydrogen (secondary N) is 2. The molecule has 1 aliphatic rings. The number of carbonyl (C=O) groups excluding carboxylic acids is 1. The lowest BCUT2D eigenvalue weighted by Gasteiger charge is -2.22. The molecule has 0 saturated heterocycles. The number of nitrogens with zero attached hydrogens (tertiary/aromatic N) is 2. The molecule has 1 atom stereocenters. The summed E-state index contributed by atoms with van der Waals surface area (Å²) >= 11 is 0. The molecule has 2 aromatic heterocycles. The molecule has 6 nitrogen and oxygen atoms in total. The molecule has 1 unspecified atom stereocenters. The van der Waals surface area contributed by atoms with Gasteiger partial charge in [0.1, 0.15) is 0 Å². The van der Waals surface area contributed by atoms with Crippen molar-refractivity contribution in [3.8, 4) is 0 Å². The monoisotopic (exact) mass is 288 g/mol. The molecular formula is C15H20N4O2. The number of aryl methyl sites for hydroxylation is 1. The second-order valence-electron chi connectivity index (χ2n) is 6.07. The van der Waals surface area contributed by atoms with Crippen LogP contribution in [0.1, 0.15) is 47.8 Å². The summed E-state index contributed by atoms with van der Waals surface area (Å²) in [5.41, 5.74) is 3.19. The number of aromatic nitrogens is 3. The summed E-state index contributed by atoms with van der Waals surface area (Å²) in [6, 6.07) is 1.86. The Balaban J connectivity index is 1.60. The van der Waals surface area contributed by atoms with Crippen molar-refractivity contribution < 1.29 is 9.32 Å². The van der Waals surface area contributed by atoms with Gasteiger partial charge in [-0.3, -0.25) is 9.89 Å². The topological polar surface area (TPSA) is 83.8 Å². The predicted octanol–water partition coefficient (Wildman–Crippen LogP) is 1.88. The van der Waals surface area contributed by atoms with Gasteiger partial charge in [-0.25, -0.2) is 0 Å². The Morgan fingerprint density at radius 2 is 2.43 bits per heavy atom. The summed E-state index contributed by atoms with van der Waals surface area (Å²) < 4.78 is 5.14. The highest BCUT2D eigenvalue weighted by molar-refractivity contribution is 5.91. The fourth-order valence-electron chi connectivity index (χ4n) is 2.73. The van der Waals surface area contributed by atoms with Gasteiger partial charge in [-0.2, -0.15) is 5.10 Å². The second kappa shape index (κ2) is 5.71. The van der Waals surface area contributed by atoms with Crippen LogP contribution in [0.25, 0.3) is 0 Å². The first kappa shape index (κ1) is 13.9. The molecule has 0 saturated carbocycles. The van der Waals surface area contributed by atoms with Gasteiger partial charge in [0.05, 0.1) is 11.9 Å². The molecule has 21 heavy (non-hydrogen) atoms. The van der Waals surface area contributed by atoms with Gasteiger partial charge < -0.3 is 9.84 Å². The van der Waals surface area contributed by atoms with Gasteiger partial charge in [0.15, 0.2) is 0 Å². The van der Waals surface area contributed by atoms with E-state index in [1.807, 2.05) is 6.20 Å². The quantitative estimate of drug-likeness (QED) is 0.899. The fourth-order valence-corrected chi connectivity index (χ4v) is 2.73. The van der Waals surface area contributed by atoms with Crippen LogP contribution in [-0.4, -0.2) is 27.3 Å². The van der Waals surface area contributed by atoms with Gasteiger partial charge in [0, 0.05) is 17.8 Å². The van der Waals surface area contributed by atoms with Gasteiger partial charge in [-0.1, -0.05) is 19.0 Å². The van der Waals surface area contributed by atoms with Crippen molar-refractivity contribution in [1.29, 1.82) is 0 Å². The summed E-state index contributed by atoms with van der Waals surface area (Å²) in [7, 11) is 0. The molecule has 0 aliphatic heterocycles. The standard InChI is InChI=1S/C15H20N4O2/c1-9(2)5-12-7-14(21-19-12)15(20)17-11-3-4-13-10(6-11)8-16-18-13/h7-9,11H,3-6H2,1-2H3,(H,16,18)(H,17,20). The molecule has 112 valence electrons. The van der Waals surface area contributed by atoms with Gasteiger partial charge >= 0.3 is 0 Å². The first-order valence-corrected chi connectivity index (χ1v) is 7.39. The minimum absolute atomic E-state index is 0.126. The van der Waals surface area contributed by atoms with Crippen LogP contribution in [0.15, 0.2) is 16.8 Å². The molecule has 6 heteroatoms. The van der Waals surface area contributed by atoms with E-state index < -0.39 is 0 Å². The lowest BCUT2D eigenvalue weighted by Crippen LogP contribution is -2.38. The minimum atomic E-state index is -0.186. The Bertz CT molecular complexity index is 629. The Labute approximate surface area is 123 Å². The van der Waals surface area contributed by atoms with Gasteiger partial charge in [0.25, 0.3) is 5.91 Å². The van der Waals surface area contributed by atoms with E-state index >= 15 is 0 Å². The van der Waals surface area contributed by atoms with Crippen LogP contribution in [0, 0.1) is 5.92 Å². The highest BCUT2D eigenvalue weighted by atomic mass is 16.5. The summed E-state index contributed by atoms with van der Waals surface area (Å²) in [4.78, 5) is 12.2. The van der Waals surface area contributed by atoms with Crippen molar-refractivity contribution in [2.45, 2.75) is 45.6 Å². The molecule has 2 aromatic rings. The lowest BCUT2D eigenvalue weighted by atomic mass is 9.93. The number of carbonyl (C=O) groups is 1. The highest BCUT2D eigenvalue weighted by Crippen LogP contribution is 2.19. The smallest absolute Gasteiger partial charge is 0.290 e. The summed E-state index contributed by atoms with van der Waals surface area (Å²) in [5, 5.41) is 14.0. The number of hydrogen-bond acceptors (Lipinski definition) is 4. The average molecular weight is 288 g/mol. The first-order valence-electron chi connectivity index (χ1n) is 7.39. The van der Waals surface area contributed by atoms with E-state index in [0.717, 1.165) is 31.4 Å². The Kier molecular flexibility index (Phi) is 3.77. The van der Waals surface area contributed by atoms with Crippen LogP contribution in [0.3, 0.4) is 0 Å². The van der Waals surface area contributed by atoms with Crippen molar-refractivity contribution in [1.82, 2.24) is 20.7 Å². The van der Waals surface area contributed by atoms with E-state index in [9.17, 15) is 4.79 Å².